The van der Waals surface area contributed by atoms with Crippen molar-refractivity contribution in [2.24, 2.45) is 0 Å². The van der Waals surface area contributed by atoms with Crippen molar-refractivity contribution in [1.82, 2.24) is 4.90 Å². The summed E-state index contributed by atoms with van der Waals surface area (Å²) < 4.78 is 31.1. The lowest BCUT2D eigenvalue weighted by atomic mass is 10.0. The third-order valence-electron chi connectivity index (χ3n) is 2.79. The third kappa shape index (κ3) is 3.77. The first kappa shape index (κ1) is 14.6. The number of benzene rings is 1. The summed E-state index contributed by atoms with van der Waals surface area (Å²) in [6, 6.07) is 3.19. The summed E-state index contributed by atoms with van der Waals surface area (Å²) >= 11 is 0. The highest BCUT2D eigenvalue weighted by Crippen LogP contribution is 2.26. The number of halogens is 2. The van der Waals surface area contributed by atoms with Gasteiger partial charge in [-0.05, 0) is 26.6 Å². The van der Waals surface area contributed by atoms with E-state index in [4.69, 9.17) is 0 Å². The second-order valence-corrected chi connectivity index (χ2v) is 4.26. The highest BCUT2D eigenvalue weighted by Gasteiger charge is 2.19. The van der Waals surface area contributed by atoms with Gasteiger partial charge in [-0.1, -0.05) is 6.07 Å². The molecule has 1 rings (SSSR count). The van der Waals surface area contributed by atoms with E-state index in [1.807, 2.05) is 0 Å². The van der Waals surface area contributed by atoms with Gasteiger partial charge in [0.15, 0.2) is 0 Å². The largest absolute Gasteiger partial charge is 0.469 e. The fourth-order valence-corrected chi connectivity index (χ4v) is 1.82. The van der Waals surface area contributed by atoms with Gasteiger partial charge in [-0.25, -0.2) is 8.78 Å². The third-order valence-corrected chi connectivity index (χ3v) is 2.79. The standard InChI is InChI=1S/C13H17F2NO2/c1-16(2)12(6-7-13(17)18-3)10-5-4-9(14)8-11(10)15/h4-5,8,12H,6-7H2,1-3H3. The molecule has 3 nitrogen and oxygen atoms in total. The predicted molar refractivity (Wildman–Crippen MR) is 64.0 cm³/mol. The topological polar surface area (TPSA) is 29.5 Å². The molecule has 0 heterocycles. The molecule has 1 unspecified atom stereocenters. The van der Waals surface area contributed by atoms with Crippen LogP contribution in [0.3, 0.4) is 0 Å². The molecule has 5 heteroatoms. The average molecular weight is 257 g/mol. The molecule has 1 atom stereocenters. The first-order valence-electron chi connectivity index (χ1n) is 5.64. The van der Waals surface area contributed by atoms with Crippen molar-refractivity contribution in [2.75, 3.05) is 21.2 Å². The normalized spacial score (nSPS) is 12.6. The van der Waals surface area contributed by atoms with E-state index in [0.717, 1.165) is 6.07 Å². The van der Waals surface area contributed by atoms with Crippen molar-refractivity contribution in [3.63, 3.8) is 0 Å². The van der Waals surface area contributed by atoms with Gasteiger partial charge < -0.3 is 9.64 Å². The minimum Gasteiger partial charge on any atom is -0.469 e. The Morgan fingerprint density at radius 3 is 2.56 bits per heavy atom. The summed E-state index contributed by atoms with van der Waals surface area (Å²) in [6.07, 6.45) is 0.610. The van der Waals surface area contributed by atoms with Crippen LogP contribution in [0.4, 0.5) is 8.78 Å². The van der Waals surface area contributed by atoms with Crippen molar-refractivity contribution in [3.8, 4) is 0 Å². The van der Waals surface area contributed by atoms with E-state index in [9.17, 15) is 13.6 Å². The smallest absolute Gasteiger partial charge is 0.305 e. The molecule has 0 bridgehead atoms. The Labute approximate surface area is 105 Å². The van der Waals surface area contributed by atoms with E-state index in [2.05, 4.69) is 4.74 Å². The van der Waals surface area contributed by atoms with E-state index in [0.29, 0.717) is 12.0 Å². The maximum Gasteiger partial charge on any atom is 0.305 e. The van der Waals surface area contributed by atoms with Crippen LogP contribution in [0.25, 0.3) is 0 Å². The van der Waals surface area contributed by atoms with Crippen molar-refractivity contribution in [3.05, 3.63) is 35.4 Å². The molecule has 0 aromatic heterocycles. The van der Waals surface area contributed by atoms with E-state index in [-0.39, 0.29) is 18.4 Å². The molecule has 0 saturated heterocycles. The summed E-state index contributed by atoms with van der Waals surface area (Å²) in [7, 11) is 4.88. The number of hydrogen-bond donors (Lipinski definition) is 0. The van der Waals surface area contributed by atoms with Gasteiger partial charge in [-0.2, -0.15) is 0 Å². The average Bonchev–Trinajstić information content (AvgIpc) is 2.31. The molecule has 0 fully saturated rings. The minimum absolute atomic E-state index is 0.191. The molecule has 0 amide bonds. The number of hydrogen-bond acceptors (Lipinski definition) is 3. The zero-order chi connectivity index (χ0) is 13.7. The molecule has 0 aliphatic heterocycles. The Kier molecular flexibility index (Phi) is 5.22. The number of nitrogens with zero attached hydrogens (tertiary/aromatic N) is 1. The van der Waals surface area contributed by atoms with Gasteiger partial charge in [0.25, 0.3) is 0 Å². The number of ether oxygens (including phenoxy) is 1. The lowest BCUT2D eigenvalue weighted by Gasteiger charge is -2.24. The lowest BCUT2D eigenvalue weighted by Crippen LogP contribution is -2.22. The maximum atomic E-state index is 13.7. The Balaban J connectivity index is 2.87. The molecular formula is C13H17F2NO2. The van der Waals surface area contributed by atoms with Gasteiger partial charge in [0, 0.05) is 24.1 Å². The zero-order valence-corrected chi connectivity index (χ0v) is 10.7. The summed E-state index contributed by atoms with van der Waals surface area (Å²) in [5.41, 5.74) is 0.380. The predicted octanol–water partition coefficient (Wildman–Crippen LogP) is 2.52. The van der Waals surface area contributed by atoms with Crippen LogP contribution in [0, 0.1) is 11.6 Å². The zero-order valence-electron chi connectivity index (χ0n) is 10.7. The number of rotatable bonds is 5. The minimum atomic E-state index is -0.610. The van der Waals surface area contributed by atoms with Crippen LogP contribution in [0.5, 0.6) is 0 Å². The van der Waals surface area contributed by atoms with Crippen molar-refractivity contribution in [2.45, 2.75) is 18.9 Å². The van der Waals surface area contributed by atoms with Crippen LogP contribution < -0.4 is 0 Å². The van der Waals surface area contributed by atoms with Crippen LogP contribution >= 0.6 is 0 Å². The maximum absolute atomic E-state index is 13.7. The van der Waals surface area contributed by atoms with Crippen LogP contribution in [0.2, 0.25) is 0 Å². The fourth-order valence-electron chi connectivity index (χ4n) is 1.82. The van der Waals surface area contributed by atoms with Gasteiger partial charge in [0.1, 0.15) is 11.6 Å². The quantitative estimate of drug-likeness (QED) is 0.759. The van der Waals surface area contributed by atoms with E-state index < -0.39 is 11.6 Å². The molecule has 0 N–H and O–H groups in total. The summed E-state index contributed by atoms with van der Waals surface area (Å²) in [6.45, 7) is 0. The van der Waals surface area contributed by atoms with Gasteiger partial charge in [-0.15, -0.1) is 0 Å². The first-order chi connectivity index (χ1) is 8.45. The highest BCUT2D eigenvalue weighted by atomic mass is 19.1. The van der Waals surface area contributed by atoms with Gasteiger partial charge in [0.05, 0.1) is 7.11 Å². The second kappa shape index (κ2) is 6.44. The molecule has 1 aromatic rings. The second-order valence-electron chi connectivity index (χ2n) is 4.26. The highest BCUT2D eigenvalue weighted by molar-refractivity contribution is 5.69. The molecule has 0 aliphatic rings. The Hall–Kier alpha value is -1.49. The van der Waals surface area contributed by atoms with E-state index in [1.54, 1.807) is 19.0 Å². The molecule has 18 heavy (non-hydrogen) atoms. The van der Waals surface area contributed by atoms with Gasteiger partial charge >= 0.3 is 5.97 Å². The fraction of sp³-hybridized carbons (Fsp3) is 0.462. The number of carbonyl (C=O) groups is 1. The molecule has 0 radical (unpaired) electrons. The van der Waals surface area contributed by atoms with Gasteiger partial charge in [-0.3, -0.25) is 4.79 Å². The van der Waals surface area contributed by atoms with Crippen molar-refractivity contribution < 1.29 is 18.3 Å². The number of esters is 1. The summed E-state index contributed by atoms with van der Waals surface area (Å²) in [4.78, 5) is 12.9. The molecule has 100 valence electrons. The van der Waals surface area contributed by atoms with Crippen molar-refractivity contribution >= 4 is 5.97 Å². The SMILES string of the molecule is COC(=O)CCC(c1ccc(F)cc1F)N(C)C. The van der Waals surface area contributed by atoms with Crippen molar-refractivity contribution in [1.29, 1.82) is 0 Å². The van der Waals surface area contributed by atoms with Crippen LogP contribution in [0.1, 0.15) is 24.4 Å². The number of carbonyl (C=O) groups excluding carboxylic acids is 1. The molecular weight excluding hydrogens is 240 g/mol. The lowest BCUT2D eigenvalue weighted by molar-refractivity contribution is -0.141. The summed E-state index contributed by atoms with van der Waals surface area (Å²) in [5, 5.41) is 0. The molecule has 1 aromatic carbocycles. The Morgan fingerprint density at radius 2 is 2.06 bits per heavy atom. The molecule has 0 spiro atoms. The summed E-state index contributed by atoms with van der Waals surface area (Å²) in [5.74, 6) is -1.55. The Bertz CT molecular complexity index is 421. The molecule has 0 aliphatic carbocycles. The first-order valence-corrected chi connectivity index (χ1v) is 5.64. The molecule has 0 saturated carbocycles. The Morgan fingerprint density at radius 1 is 1.39 bits per heavy atom. The van der Waals surface area contributed by atoms with Gasteiger partial charge in [0.2, 0.25) is 0 Å². The number of methoxy groups -OCH3 is 1. The van der Waals surface area contributed by atoms with Crippen LogP contribution in [-0.2, 0) is 9.53 Å². The monoisotopic (exact) mass is 257 g/mol. The van der Waals surface area contributed by atoms with Crippen LogP contribution in [-0.4, -0.2) is 32.1 Å². The van der Waals surface area contributed by atoms with E-state index in [1.165, 1.54) is 19.2 Å². The van der Waals surface area contributed by atoms with Crippen LogP contribution in [0.15, 0.2) is 18.2 Å². The van der Waals surface area contributed by atoms with E-state index >= 15 is 0 Å².